The number of benzene rings is 2. The van der Waals surface area contributed by atoms with Crippen molar-refractivity contribution in [2.75, 3.05) is 26.2 Å². The van der Waals surface area contributed by atoms with Crippen LogP contribution >= 0.6 is 0 Å². The summed E-state index contributed by atoms with van der Waals surface area (Å²) in [5.41, 5.74) is 1.98. The van der Waals surface area contributed by atoms with Crippen molar-refractivity contribution in [3.63, 3.8) is 0 Å². The molecule has 1 N–H and O–H groups in total. The molecule has 0 saturated carbocycles. The van der Waals surface area contributed by atoms with E-state index in [-0.39, 0.29) is 12.5 Å². The predicted molar refractivity (Wildman–Crippen MR) is 152 cm³/mol. The molecule has 3 rings (SSSR count). The highest BCUT2D eigenvalue weighted by Crippen LogP contribution is 2.33. The van der Waals surface area contributed by atoms with Gasteiger partial charge in [-0.25, -0.2) is 4.79 Å². The average Bonchev–Trinajstić information content (AvgIpc) is 2.92. The maximum absolute atomic E-state index is 13.6. The van der Waals surface area contributed by atoms with E-state index in [1.807, 2.05) is 48.5 Å². The SMILES string of the molecule is CC(C)N(CCNC(=O)C1c2ccc(OCc3ccccc3)cc2CCN1C(=O)OCC(C)(C)C=O)C(C)C. The van der Waals surface area contributed by atoms with E-state index in [1.165, 1.54) is 4.90 Å². The molecule has 0 saturated heterocycles. The lowest BCUT2D eigenvalue weighted by atomic mass is 9.92. The van der Waals surface area contributed by atoms with Crippen molar-refractivity contribution in [1.29, 1.82) is 0 Å². The fourth-order valence-corrected chi connectivity index (χ4v) is 4.80. The van der Waals surface area contributed by atoms with Gasteiger partial charge in [0.1, 0.15) is 31.3 Å². The molecular weight excluding hydrogens is 494 g/mol. The number of hydrogen-bond acceptors (Lipinski definition) is 6. The van der Waals surface area contributed by atoms with Gasteiger partial charge in [0.2, 0.25) is 5.91 Å². The zero-order valence-corrected chi connectivity index (χ0v) is 24.1. The molecule has 2 amide bonds. The number of carbonyl (C=O) groups is 3. The Bertz CT molecular complexity index is 1110. The Hall–Kier alpha value is -3.39. The van der Waals surface area contributed by atoms with E-state index in [0.717, 1.165) is 23.0 Å². The molecule has 1 aliphatic heterocycles. The van der Waals surface area contributed by atoms with Crippen LogP contribution in [0.1, 0.15) is 64.3 Å². The Labute approximate surface area is 232 Å². The second-order valence-corrected chi connectivity index (χ2v) is 11.4. The first kappa shape index (κ1) is 30.2. The topological polar surface area (TPSA) is 88.2 Å². The molecule has 0 fully saturated rings. The minimum atomic E-state index is -0.838. The van der Waals surface area contributed by atoms with Crippen molar-refractivity contribution in [2.24, 2.45) is 5.41 Å². The van der Waals surface area contributed by atoms with E-state index in [9.17, 15) is 14.4 Å². The lowest BCUT2D eigenvalue weighted by molar-refractivity contribution is -0.127. The molecule has 1 aliphatic rings. The predicted octanol–water partition coefficient (Wildman–Crippen LogP) is 4.76. The fourth-order valence-electron chi connectivity index (χ4n) is 4.80. The van der Waals surface area contributed by atoms with Gasteiger partial charge in [-0.15, -0.1) is 0 Å². The summed E-state index contributed by atoms with van der Waals surface area (Å²) in [4.78, 5) is 41.8. The summed E-state index contributed by atoms with van der Waals surface area (Å²) in [6.45, 7) is 13.8. The van der Waals surface area contributed by atoms with Gasteiger partial charge in [0, 0.05) is 31.7 Å². The van der Waals surface area contributed by atoms with Gasteiger partial charge in [-0.1, -0.05) is 36.4 Å². The molecule has 0 bridgehead atoms. The zero-order chi connectivity index (χ0) is 28.6. The van der Waals surface area contributed by atoms with Crippen LogP contribution in [0.2, 0.25) is 0 Å². The molecular formula is C31H43N3O5. The summed E-state index contributed by atoms with van der Waals surface area (Å²) in [6, 6.07) is 15.4. The number of hydrogen-bond donors (Lipinski definition) is 1. The molecule has 2 aromatic carbocycles. The Morgan fingerprint density at radius 2 is 1.79 bits per heavy atom. The van der Waals surface area contributed by atoms with Crippen LogP contribution in [-0.2, 0) is 27.4 Å². The third kappa shape index (κ3) is 8.30. The average molecular weight is 538 g/mol. The van der Waals surface area contributed by atoms with Crippen LogP contribution in [0, 0.1) is 5.41 Å². The van der Waals surface area contributed by atoms with Crippen molar-refractivity contribution < 1.29 is 23.9 Å². The summed E-state index contributed by atoms with van der Waals surface area (Å²) in [7, 11) is 0. The van der Waals surface area contributed by atoms with E-state index in [4.69, 9.17) is 9.47 Å². The number of aldehydes is 1. The van der Waals surface area contributed by atoms with Crippen LogP contribution < -0.4 is 10.1 Å². The molecule has 0 radical (unpaired) electrons. The molecule has 39 heavy (non-hydrogen) atoms. The number of rotatable bonds is 12. The number of fused-ring (bicyclic) bond motifs is 1. The van der Waals surface area contributed by atoms with Gasteiger partial charge in [0.25, 0.3) is 0 Å². The highest BCUT2D eigenvalue weighted by atomic mass is 16.6. The molecule has 0 aliphatic carbocycles. The van der Waals surface area contributed by atoms with E-state index in [0.29, 0.717) is 50.5 Å². The molecule has 2 aromatic rings. The second kappa shape index (κ2) is 13.6. The third-order valence-corrected chi connectivity index (χ3v) is 6.96. The Morgan fingerprint density at radius 3 is 2.44 bits per heavy atom. The van der Waals surface area contributed by atoms with E-state index >= 15 is 0 Å². The minimum Gasteiger partial charge on any atom is -0.489 e. The highest BCUT2D eigenvalue weighted by molar-refractivity contribution is 5.88. The number of amides is 2. The van der Waals surface area contributed by atoms with E-state index < -0.39 is 17.6 Å². The maximum atomic E-state index is 13.6. The molecule has 0 aromatic heterocycles. The maximum Gasteiger partial charge on any atom is 0.410 e. The van der Waals surface area contributed by atoms with Crippen LogP contribution in [-0.4, -0.2) is 66.4 Å². The van der Waals surface area contributed by atoms with Crippen LogP contribution in [0.25, 0.3) is 0 Å². The van der Waals surface area contributed by atoms with Crippen LogP contribution in [0.3, 0.4) is 0 Å². The number of carbonyl (C=O) groups excluding carboxylic acids is 3. The number of ether oxygens (including phenoxy) is 2. The second-order valence-electron chi connectivity index (χ2n) is 11.4. The third-order valence-electron chi connectivity index (χ3n) is 6.96. The highest BCUT2D eigenvalue weighted by Gasteiger charge is 2.37. The Kier molecular flexibility index (Phi) is 10.5. The van der Waals surface area contributed by atoms with Crippen molar-refractivity contribution in [3.05, 3.63) is 65.2 Å². The van der Waals surface area contributed by atoms with Crippen molar-refractivity contribution in [3.8, 4) is 5.75 Å². The largest absolute Gasteiger partial charge is 0.489 e. The standard InChI is InChI=1S/C31H43N3O5/c1-22(2)33(23(3)4)17-15-32-29(36)28-27-13-12-26(38-19-24-10-8-7-9-11-24)18-25(27)14-16-34(28)30(37)39-21-31(5,6)20-35/h7-13,18,20,22-23,28H,14-17,19,21H2,1-6H3,(H,32,36). The normalized spacial score (nSPS) is 15.3. The van der Waals surface area contributed by atoms with Crippen molar-refractivity contribution >= 4 is 18.3 Å². The summed E-state index contributed by atoms with van der Waals surface area (Å²) in [5.74, 6) is 0.456. The van der Waals surface area contributed by atoms with E-state index in [1.54, 1.807) is 13.8 Å². The van der Waals surface area contributed by atoms with Gasteiger partial charge in [0.05, 0.1) is 5.41 Å². The quantitative estimate of drug-likeness (QED) is 0.393. The first-order valence-corrected chi connectivity index (χ1v) is 13.7. The minimum absolute atomic E-state index is 0.0585. The van der Waals surface area contributed by atoms with Gasteiger partial charge in [-0.2, -0.15) is 0 Å². The number of nitrogens with one attached hydrogen (secondary N) is 1. The molecule has 8 heteroatoms. The van der Waals surface area contributed by atoms with Gasteiger partial charge in [-0.05, 0) is 76.8 Å². The molecule has 1 atom stereocenters. The molecule has 1 heterocycles. The molecule has 0 spiro atoms. The van der Waals surface area contributed by atoms with Crippen LogP contribution in [0.15, 0.2) is 48.5 Å². The smallest absolute Gasteiger partial charge is 0.410 e. The first-order chi connectivity index (χ1) is 18.5. The first-order valence-electron chi connectivity index (χ1n) is 13.7. The molecule has 8 nitrogen and oxygen atoms in total. The van der Waals surface area contributed by atoms with E-state index in [2.05, 4.69) is 37.9 Å². The molecule has 212 valence electrons. The lowest BCUT2D eigenvalue weighted by Gasteiger charge is -2.36. The van der Waals surface area contributed by atoms with Gasteiger partial charge < -0.3 is 19.6 Å². The zero-order valence-electron chi connectivity index (χ0n) is 24.1. The van der Waals surface area contributed by atoms with Crippen molar-refractivity contribution in [2.45, 2.75) is 72.7 Å². The van der Waals surface area contributed by atoms with Gasteiger partial charge in [-0.3, -0.25) is 14.6 Å². The van der Waals surface area contributed by atoms with Crippen LogP contribution in [0.5, 0.6) is 5.75 Å². The van der Waals surface area contributed by atoms with Crippen molar-refractivity contribution in [1.82, 2.24) is 15.1 Å². The summed E-state index contributed by atoms with van der Waals surface area (Å²) in [5, 5.41) is 3.05. The monoisotopic (exact) mass is 537 g/mol. The fraction of sp³-hybridized carbons (Fsp3) is 0.516. The molecule has 1 unspecified atom stereocenters. The van der Waals surface area contributed by atoms with Crippen LogP contribution in [0.4, 0.5) is 4.79 Å². The lowest BCUT2D eigenvalue weighted by Crippen LogP contribution is -2.49. The van der Waals surface area contributed by atoms with Gasteiger partial charge in [0.15, 0.2) is 0 Å². The van der Waals surface area contributed by atoms with Gasteiger partial charge >= 0.3 is 6.09 Å². The number of nitrogens with zero attached hydrogens (tertiary/aromatic N) is 2. The summed E-state index contributed by atoms with van der Waals surface area (Å²) >= 11 is 0. The Balaban J connectivity index is 1.79. The Morgan fingerprint density at radius 1 is 1.10 bits per heavy atom. The summed E-state index contributed by atoms with van der Waals surface area (Å²) in [6.07, 6.45) is 0.718. The summed E-state index contributed by atoms with van der Waals surface area (Å²) < 4.78 is 11.5.